The van der Waals surface area contributed by atoms with E-state index in [1.54, 1.807) is 12.3 Å². The van der Waals surface area contributed by atoms with Crippen LogP contribution in [0.25, 0.3) is 0 Å². The van der Waals surface area contributed by atoms with E-state index >= 15 is 0 Å². The Bertz CT molecular complexity index is 481. The largest absolute Gasteiger partial charge is 0.384 e. The van der Waals surface area contributed by atoms with E-state index in [4.69, 9.17) is 11.5 Å². The number of aromatic nitrogens is 1. The molecule has 1 saturated heterocycles. The van der Waals surface area contributed by atoms with Gasteiger partial charge in [0.25, 0.3) is 0 Å². The Labute approximate surface area is 116 Å². The number of piperazine rings is 1. The minimum Gasteiger partial charge on any atom is -0.384 e. The molecule has 5 N–H and O–H groups in total. The van der Waals surface area contributed by atoms with Gasteiger partial charge in [-0.05, 0) is 12.1 Å². The van der Waals surface area contributed by atoms with Crippen molar-refractivity contribution >= 4 is 23.4 Å². The summed E-state index contributed by atoms with van der Waals surface area (Å²) in [4.78, 5) is 30.2. The molecule has 1 aromatic heterocycles. The third kappa shape index (κ3) is 3.82. The van der Waals surface area contributed by atoms with Crippen LogP contribution in [0.2, 0.25) is 0 Å². The highest BCUT2D eigenvalue weighted by atomic mass is 16.2. The Morgan fingerprint density at radius 3 is 2.50 bits per heavy atom. The summed E-state index contributed by atoms with van der Waals surface area (Å²) in [6.45, 7) is 3.22. The Morgan fingerprint density at radius 1 is 1.25 bits per heavy atom. The molecule has 0 spiro atoms. The number of urea groups is 1. The molecule has 8 nitrogen and oxygen atoms in total. The number of amides is 3. The number of carbonyl (C=O) groups excluding carboxylic acids is 2. The molecular formula is C12H18N6O2. The summed E-state index contributed by atoms with van der Waals surface area (Å²) >= 11 is 0. The Balaban J connectivity index is 1.81. The summed E-state index contributed by atoms with van der Waals surface area (Å²) in [7, 11) is 0. The number of nitrogens with one attached hydrogen (secondary N) is 1. The number of nitrogens with zero attached hydrogens (tertiary/aromatic N) is 3. The summed E-state index contributed by atoms with van der Waals surface area (Å²) in [5.74, 6) is 0.121. The van der Waals surface area contributed by atoms with Crippen LogP contribution >= 0.6 is 0 Å². The highest BCUT2D eigenvalue weighted by Crippen LogP contribution is 2.15. The lowest BCUT2D eigenvalue weighted by Gasteiger charge is -2.35. The van der Waals surface area contributed by atoms with Gasteiger partial charge in [0.15, 0.2) is 0 Å². The van der Waals surface area contributed by atoms with Crippen molar-refractivity contribution in [1.82, 2.24) is 15.2 Å². The normalized spacial score (nSPS) is 15.9. The number of primary amides is 1. The second kappa shape index (κ2) is 6.20. The smallest absolute Gasteiger partial charge is 0.318 e. The third-order valence-electron chi connectivity index (χ3n) is 3.14. The summed E-state index contributed by atoms with van der Waals surface area (Å²) < 4.78 is 0. The van der Waals surface area contributed by atoms with Gasteiger partial charge in [-0.15, -0.1) is 0 Å². The highest BCUT2D eigenvalue weighted by molar-refractivity contribution is 5.94. The number of nitrogen functional groups attached to an aromatic ring is 1. The molecular weight excluding hydrogens is 260 g/mol. The summed E-state index contributed by atoms with van der Waals surface area (Å²) in [5, 5.41) is 2.06. The molecule has 0 atom stereocenters. The van der Waals surface area contributed by atoms with E-state index < -0.39 is 6.03 Å². The van der Waals surface area contributed by atoms with Crippen molar-refractivity contribution in [1.29, 1.82) is 0 Å². The van der Waals surface area contributed by atoms with E-state index in [2.05, 4.69) is 15.2 Å². The van der Waals surface area contributed by atoms with Crippen molar-refractivity contribution in [2.24, 2.45) is 5.73 Å². The van der Waals surface area contributed by atoms with Gasteiger partial charge in [0, 0.05) is 26.2 Å². The van der Waals surface area contributed by atoms with Crippen LogP contribution in [0.15, 0.2) is 18.3 Å². The van der Waals surface area contributed by atoms with Crippen LogP contribution in [0.5, 0.6) is 0 Å². The molecule has 0 aromatic carbocycles. The summed E-state index contributed by atoms with van der Waals surface area (Å²) in [5.41, 5.74) is 11.5. The third-order valence-corrected chi connectivity index (χ3v) is 3.14. The average molecular weight is 278 g/mol. The first-order valence-electron chi connectivity index (χ1n) is 6.33. The van der Waals surface area contributed by atoms with Gasteiger partial charge in [0.2, 0.25) is 5.91 Å². The Kier molecular flexibility index (Phi) is 4.36. The van der Waals surface area contributed by atoms with E-state index in [-0.39, 0.29) is 12.5 Å². The van der Waals surface area contributed by atoms with E-state index in [0.717, 1.165) is 31.9 Å². The van der Waals surface area contributed by atoms with Crippen molar-refractivity contribution in [3.05, 3.63) is 18.3 Å². The van der Waals surface area contributed by atoms with Gasteiger partial charge in [-0.1, -0.05) is 0 Å². The maximum Gasteiger partial charge on any atom is 0.318 e. The standard InChI is InChI=1S/C12H18N6O2/c13-10-2-1-9(7-15-10)18-5-3-17(4-6-18)8-11(19)16-12(14)20/h1-2,7H,3-6,8H2,(H2,13,15)(H3,14,16,19,20). The lowest BCUT2D eigenvalue weighted by Crippen LogP contribution is -2.50. The lowest BCUT2D eigenvalue weighted by molar-refractivity contribution is -0.121. The fraction of sp³-hybridized carbons (Fsp3) is 0.417. The van der Waals surface area contributed by atoms with Crippen LogP contribution in [0, 0.1) is 0 Å². The fourth-order valence-corrected chi connectivity index (χ4v) is 2.13. The maximum atomic E-state index is 11.4. The van der Waals surface area contributed by atoms with Crippen LogP contribution in [-0.2, 0) is 4.79 Å². The van der Waals surface area contributed by atoms with Gasteiger partial charge in [-0.25, -0.2) is 9.78 Å². The molecule has 1 fully saturated rings. The number of rotatable bonds is 3. The molecule has 2 heterocycles. The molecule has 0 radical (unpaired) electrons. The molecule has 1 aliphatic heterocycles. The zero-order chi connectivity index (χ0) is 14.5. The first-order valence-corrected chi connectivity index (χ1v) is 6.33. The summed E-state index contributed by atoms with van der Waals surface area (Å²) in [6, 6.07) is 2.88. The molecule has 8 heteroatoms. The molecule has 2 rings (SSSR count). The molecule has 1 aromatic rings. The van der Waals surface area contributed by atoms with Gasteiger partial charge < -0.3 is 16.4 Å². The van der Waals surface area contributed by atoms with Crippen LogP contribution in [-0.4, -0.2) is 54.5 Å². The number of imide groups is 1. The van der Waals surface area contributed by atoms with Crippen LogP contribution in [0.4, 0.5) is 16.3 Å². The number of anilines is 2. The highest BCUT2D eigenvalue weighted by Gasteiger charge is 2.19. The quantitative estimate of drug-likeness (QED) is 0.651. The van der Waals surface area contributed by atoms with Crippen molar-refractivity contribution < 1.29 is 9.59 Å². The SMILES string of the molecule is NC(=O)NC(=O)CN1CCN(c2ccc(N)nc2)CC1. The summed E-state index contributed by atoms with van der Waals surface area (Å²) in [6.07, 6.45) is 1.74. The predicted molar refractivity (Wildman–Crippen MR) is 75.0 cm³/mol. The zero-order valence-electron chi connectivity index (χ0n) is 11.1. The van der Waals surface area contributed by atoms with Crippen LogP contribution in [0.1, 0.15) is 0 Å². The number of hydrogen-bond donors (Lipinski definition) is 3. The molecule has 3 amide bonds. The predicted octanol–water partition coefficient (Wildman–Crippen LogP) is -1.02. The van der Waals surface area contributed by atoms with Crippen molar-refractivity contribution in [3.63, 3.8) is 0 Å². The topological polar surface area (TPSA) is 118 Å². The minimum absolute atomic E-state index is 0.177. The fourth-order valence-electron chi connectivity index (χ4n) is 2.13. The molecule has 20 heavy (non-hydrogen) atoms. The molecule has 0 aliphatic carbocycles. The van der Waals surface area contributed by atoms with E-state index in [9.17, 15) is 9.59 Å². The van der Waals surface area contributed by atoms with Gasteiger partial charge >= 0.3 is 6.03 Å². The van der Waals surface area contributed by atoms with Gasteiger partial charge in [0.05, 0.1) is 18.4 Å². The van der Waals surface area contributed by atoms with Crippen molar-refractivity contribution in [3.8, 4) is 0 Å². The second-order valence-electron chi connectivity index (χ2n) is 4.62. The molecule has 1 aliphatic rings. The Morgan fingerprint density at radius 2 is 1.95 bits per heavy atom. The van der Waals surface area contributed by atoms with E-state index in [1.807, 2.05) is 11.0 Å². The van der Waals surface area contributed by atoms with E-state index in [1.165, 1.54) is 0 Å². The van der Waals surface area contributed by atoms with Gasteiger partial charge in [-0.2, -0.15) is 0 Å². The average Bonchev–Trinajstić information content (AvgIpc) is 2.39. The zero-order valence-corrected chi connectivity index (χ0v) is 11.1. The molecule has 0 saturated carbocycles. The van der Waals surface area contributed by atoms with Gasteiger partial charge in [-0.3, -0.25) is 15.0 Å². The first kappa shape index (κ1) is 14.1. The first-order chi connectivity index (χ1) is 9.54. The maximum absolute atomic E-state index is 11.4. The molecule has 0 bridgehead atoms. The number of carbonyl (C=O) groups is 2. The Hall–Kier alpha value is -2.35. The van der Waals surface area contributed by atoms with Gasteiger partial charge in [0.1, 0.15) is 5.82 Å². The van der Waals surface area contributed by atoms with Crippen LogP contribution in [0.3, 0.4) is 0 Å². The molecule has 0 unspecified atom stereocenters. The monoisotopic (exact) mass is 278 g/mol. The second-order valence-corrected chi connectivity index (χ2v) is 4.62. The van der Waals surface area contributed by atoms with Crippen molar-refractivity contribution in [2.75, 3.05) is 43.4 Å². The molecule has 108 valence electrons. The number of hydrogen-bond acceptors (Lipinski definition) is 6. The number of nitrogens with two attached hydrogens (primary N) is 2. The minimum atomic E-state index is -0.818. The number of pyridine rings is 1. The van der Waals surface area contributed by atoms with E-state index in [0.29, 0.717) is 5.82 Å². The van der Waals surface area contributed by atoms with Crippen LogP contribution < -0.4 is 21.7 Å². The lowest BCUT2D eigenvalue weighted by atomic mass is 10.2. The van der Waals surface area contributed by atoms with Crippen molar-refractivity contribution in [2.45, 2.75) is 0 Å².